The highest BCUT2D eigenvalue weighted by molar-refractivity contribution is 7.09. The maximum absolute atomic E-state index is 6.25. The van der Waals surface area contributed by atoms with Gasteiger partial charge in [0.25, 0.3) is 0 Å². The first-order valence-corrected chi connectivity index (χ1v) is 7.34. The third-order valence-electron chi connectivity index (χ3n) is 3.34. The predicted octanol–water partition coefficient (Wildman–Crippen LogP) is 3.60. The molecule has 96 valence electrons. The average Bonchev–Trinajstić information content (AvgIpc) is 2.92. The fourth-order valence-electron chi connectivity index (χ4n) is 2.08. The molecule has 2 atom stereocenters. The number of rotatable bonds is 6. The molecule has 2 nitrogen and oxygen atoms in total. The minimum absolute atomic E-state index is 0.194. The predicted molar refractivity (Wildman–Crippen MR) is 77.9 cm³/mol. The number of aromatic nitrogens is 1. The van der Waals surface area contributed by atoms with Crippen molar-refractivity contribution in [1.82, 2.24) is 4.98 Å². The van der Waals surface area contributed by atoms with E-state index in [1.54, 1.807) is 0 Å². The molecule has 0 fully saturated rings. The summed E-state index contributed by atoms with van der Waals surface area (Å²) in [7, 11) is 0. The minimum Gasteiger partial charge on any atom is -0.327 e. The lowest BCUT2D eigenvalue weighted by atomic mass is 9.94. The zero-order valence-corrected chi connectivity index (χ0v) is 11.6. The molecule has 2 unspecified atom stereocenters. The fraction of sp³-hybridized carbons (Fsp3) is 0.400. The first-order chi connectivity index (χ1) is 8.77. The first kappa shape index (κ1) is 13.2. The van der Waals surface area contributed by atoms with Gasteiger partial charge in [-0.15, -0.1) is 11.3 Å². The van der Waals surface area contributed by atoms with Gasteiger partial charge in [0.2, 0.25) is 0 Å². The largest absolute Gasteiger partial charge is 0.327 e. The second-order valence-corrected chi connectivity index (χ2v) is 5.71. The fourth-order valence-corrected chi connectivity index (χ4v) is 2.83. The van der Waals surface area contributed by atoms with E-state index in [9.17, 15) is 0 Å². The summed E-state index contributed by atoms with van der Waals surface area (Å²) in [5.41, 5.74) is 7.35. The van der Waals surface area contributed by atoms with E-state index in [1.165, 1.54) is 4.88 Å². The van der Waals surface area contributed by atoms with E-state index in [0.717, 1.165) is 25.0 Å². The van der Waals surface area contributed by atoms with E-state index in [2.05, 4.69) is 35.5 Å². The van der Waals surface area contributed by atoms with Gasteiger partial charge in [-0.2, -0.15) is 0 Å². The molecule has 0 aliphatic carbocycles. The van der Waals surface area contributed by atoms with Crippen LogP contribution >= 0.6 is 11.3 Å². The third-order valence-corrected chi connectivity index (χ3v) is 4.27. The highest BCUT2D eigenvalue weighted by Gasteiger charge is 2.15. The van der Waals surface area contributed by atoms with Crippen LogP contribution in [0.1, 0.15) is 36.3 Å². The number of nitrogens with two attached hydrogens (primary N) is 1. The zero-order chi connectivity index (χ0) is 12.8. The number of hydrogen-bond acceptors (Lipinski definition) is 3. The van der Waals surface area contributed by atoms with E-state index in [0.29, 0.717) is 5.92 Å². The molecule has 0 aromatic carbocycles. The second kappa shape index (κ2) is 6.66. The van der Waals surface area contributed by atoms with Crippen LogP contribution in [-0.4, -0.2) is 11.0 Å². The lowest BCUT2D eigenvalue weighted by Gasteiger charge is -2.19. The molecular formula is C15H20N2S. The summed E-state index contributed by atoms with van der Waals surface area (Å²) in [6.45, 7) is 2.16. The summed E-state index contributed by atoms with van der Waals surface area (Å²) in [6.07, 6.45) is 5.18. The maximum atomic E-state index is 6.25. The van der Waals surface area contributed by atoms with E-state index in [-0.39, 0.29) is 6.04 Å². The van der Waals surface area contributed by atoms with E-state index in [4.69, 9.17) is 5.73 Å². The van der Waals surface area contributed by atoms with Gasteiger partial charge in [-0.05, 0) is 42.8 Å². The Morgan fingerprint density at radius 3 is 2.83 bits per heavy atom. The zero-order valence-electron chi connectivity index (χ0n) is 10.8. The molecule has 2 rings (SSSR count). The number of pyridine rings is 1. The van der Waals surface area contributed by atoms with Crippen LogP contribution in [0.3, 0.4) is 0 Å². The molecule has 3 heteroatoms. The van der Waals surface area contributed by atoms with Gasteiger partial charge in [-0.25, -0.2) is 0 Å². The van der Waals surface area contributed by atoms with Crippen molar-refractivity contribution >= 4 is 11.3 Å². The SMILES string of the molecule is CC(c1ccccn1)C(N)CCCc1cccs1. The van der Waals surface area contributed by atoms with Crippen molar-refractivity contribution in [2.75, 3.05) is 0 Å². The molecule has 0 saturated carbocycles. The van der Waals surface area contributed by atoms with Crippen LogP contribution < -0.4 is 5.73 Å². The smallest absolute Gasteiger partial charge is 0.0447 e. The van der Waals surface area contributed by atoms with E-state index < -0.39 is 0 Å². The minimum atomic E-state index is 0.194. The van der Waals surface area contributed by atoms with Gasteiger partial charge >= 0.3 is 0 Å². The van der Waals surface area contributed by atoms with E-state index in [1.807, 2.05) is 29.7 Å². The number of nitrogens with zero attached hydrogens (tertiary/aromatic N) is 1. The third kappa shape index (κ3) is 3.65. The van der Waals surface area contributed by atoms with Crippen LogP contribution in [0.5, 0.6) is 0 Å². The van der Waals surface area contributed by atoms with Crippen LogP contribution in [0.4, 0.5) is 0 Å². The Labute approximate surface area is 113 Å². The van der Waals surface area contributed by atoms with Crippen molar-refractivity contribution in [1.29, 1.82) is 0 Å². The van der Waals surface area contributed by atoms with Crippen molar-refractivity contribution < 1.29 is 0 Å². The van der Waals surface area contributed by atoms with Crippen LogP contribution in [0.25, 0.3) is 0 Å². The molecule has 2 aromatic rings. The summed E-state index contributed by atoms with van der Waals surface area (Å²) < 4.78 is 0. The summed E-state index contributed by atoms with van der Waals surface area (Å²) in [5, 5.41) is 2.13. The number of hydrogen-bond donors (Lipinski definition) is 1. The molecule has 0 bridgehead atoms. The summed E-state index contributed by atoms with van der Waals surface area (Å²) in [4.78, 5) is 5.83. The van der Waals surface area contributed by atoms with E-state index >= 15 is 0 Å². The van der Waals surface area contributed by atoms with Crippen molar-refractivity contribution in [3.05, 3.63) is 52.5 Å². The molecule has 2 heterocycles. The van der Waals surface area contributed by atoms with Crippen molar-refractivity contribution in [3.63, 3.8) is 0 Å². The molecule has 2 N–H and O–H groups in total. The van der Waals surface area contributed by atoms with Gasteiger partial charge in [0.05, 0.1) is 0 Å². The van der Waals surface area contributed by atoms with Gasteiger partial charge in [0.15, 0.2) is 0 Å². The van der Waals surface area contributed by atoms with Crippen molar-refractivity contribution in [2.24, 2.45) is 5.73 Å². The molecule has 0 aliphatic rings. The first-order valence-electron chi connectivity index (χ1n) is 6.46. The van der Waals surface area contributed by atoms with Crippen LogP contribution in [0.15, 0.2) is 41.9 Å². The lowest BCUT2D eigenvalue weighted by molar-refractivity contribution is 0.503. The molecule has 0 spiro atoms. The molecule has 18 heavy (non-hydrogen) atoms. The van der Waals surface area contributed by atoms with Crippen LogP contribution in [0, 0.1) is 0 Å². The molecule has 2 aromatic heterocycles. The van der Waals surface area contributed by atoms with Crippen LogP contribution in [-0.2, 0) is 6.42 Å². The number of thiophene rings is 1. The Hall–Kier alpha value is -1.19. The molecule has 0 saturated heterocycles. The van der Waals surface area contributed by atoms with Crippen LogP contribution in [0.2, 0.25) is 0 Å². The van der Waals surface area contributed by atoms with Crippen molar-refractivity contribution in [2.45, 2.75) is 38.1 Å². The summed E-state index contributed by atoms with van der Waals surface area (Å²) >= 11 is 1.83. The maximum Gasteiger partial charge on any atom is 0.0447 e. The highest BCUT2D eigenvalue weighted by Crippen LogP contribution is 2.20. The average molecular weight is 260 g/mol. The molecular weight excluding hydrogens is 240 g/mol. The molecule has 0 radical (unpaired) electrons. The molecule has 0 aliphatic heterocycles. The Balaban J connectivity index is 1.79. The van der Waals surface area contributed by atoms with Gasteiger partial charge in [-0.3, -0.25) is 4.98 Å². The monoisotopic (exact) mass is 260 g/mol. The highest BCUT2D eigenvalue weighted by atomic mass is 32.1. The summed E-state index contributed by atoms with van der Waals surface area (Å²) in [5.74, 6) is 0.328. The Kier molecular flexibility index (Phi) is 4.90. The quantitative estimate of drug-likeness (QED) is 0.862. The Bertz CT molecular complexity index is 439. The van der Waals surface area contributed by atoms with Gasteiger partial charge in [-0.1, -0.05) is 19.1 Å². The van der Waals surface area contributed by atoms with Gasteiger partial charge in [0, 0.05) is 28.7 Å². The lowest BCUT2D eigenvalue weighted by Crippen LogP contribution is -2.27. The normalized spacial score (nSPS) is 14.3. The standard InChI is InChI=1S/C15H20N2S/c1-12(15-9-2-3-10-17-15)14(16)8-4-6-13-7-5-11-18-13/h2-3,5,7,9-12,14H,4,6,8,16H2,1H3. The number of aryl methyl sites for hydroxylation is 1. The molecule has 0 amide bonds. The Morgan fingerprint density at radius 2 is 2.17 bits per heavy atom. The summed E-state index contributed by atoms with van der Waals surface area (Å²) in [6, 6.07) is 10.5. The van der Waals surface area contributed by atoms with Gasteiger partial charge < -0.3 is 5.73 Å². The van der Waals surface area contributed by atoms with Crippen molar-refractivity contribution in [3.8, 4) is 0 Å². The van der Waals surface area contributed by atoms with Gasteiger partial charge in [0.1, 0.15) is 0 Å². The topological polar surface area (TPSA) is 38.9 Å². The Morgan fingerprint density at radius 1 is 1.28 bits per heavy atom. The second-order valence-electron chi connectivity index (χ2n) is 4.68.